The molecule has 0 atom stereocenters. The van der Waals surface area contributed by atoms with E-state index in [1.165, 1.54) is 22.5 Å². The second kappa shape index (κ2) is 7.53. The van der Waals surface area contributed by atoms with Crippen molar-refractivity contribution in [3.05, 3.63) is 69.9 Å². The van der Waals surface area contributed by atoms with Gasteiger partial charge in [-0.1, -0.05) is 6.07 Å². The molecule has 4 aromatic rings. The van der Waals surface area contributed by atoms with E-state index in [2.05, 4.69) is 29.5 Å². The zero-order valence-corrected chi connectivity index (χ0v) is 16.9. The minimum atomic E-state index is -0.221. The maximum Gasteiger partial charge on any atom is 0.267 e. The molecule has 0 bridgehead atoms. The Morgan fingerprint density at radius 2 is 1.86 bits per heavy atom. The van der Waals surface area contributed by atoms with E-state index in [9.17, 15) is 4.79 Å². The van der Waals surface area contributed by atoms with E-state index in [0.29, 0.717) is 10.8 Å². The van der Waals surface area contributed by atoms with Crippen LogP contribution in [0, 0.1) is 13.8 Å². The molecule has 1 amide bonds. The van der Waals surface area contributed by atoms with E-state index in [1.807, 2.05) is 47.8 Å². The SMILES string of the molecule is Cc1cc2nc(-c3ccc(NC(=S)NC(=O)c4cccs4)cc3)oc2cc1C. The highest BCUT2D eigenvalue weighted by Crippen LogP contribution is 2.27. The summed E-state index contributed by atoms with van der Waals surface area (Å²) >= 11 is 6.58. The number of fused-ring (bicyclic) bond motifs is 1. The minimum Gasteiger partial charge on any atom is -0.436 e. The molecular weight excluding hydrogens is 390 g/mol. The summed E-state index contributed by atoms with van der Waals surface area (Å²) in [4.78, 5) is 17.2. The first-order valence-corrected chi connectivity index (χ1v) is 9.92. The summed E-state index contributed by atoms with van der Waals surface area (Å²) < 4.78 is 5.89. The standard InChI is InChI=1S/C21H17N3O2S2/c1-12-10-16-17(11-13(12)2)26-20(23-16)14-5-7-15(8-6-14)22-21(27)24-19(25)18-4-3-9-28-18/h3-11H,1-2H3,(H2,22,24,25,27). The molecule has 2 heterocycles. The van der Waals surface area contributed by atoms with Crippen LogP contribution >= 0.6 is 23.6 Å². The van der Waals surface area contributed by atoms with Gasteiger partial charge in [0.25, 0.3) is 5.91 Å². The molecule has 2 N–H and O–H groups in total. The first-order valence-electron chi connectivity index (χ1n) is 8.63. The van der Waals surface area contributed by atoms with Gasteiger partial charge in [0.1, 0.15) is 5.52 Å². The van der Waals surface area contributed by atoms with Gasteiger partial charge in [-0.2, -0.15) is 0 Å². The van der Waals surface area contributed by atoms with E-state index in [-0.39, 0.29) is 11.0 Å². The summed E-state index contributed by atoms with van der Waals surface area (Å²) in [5.41, 5.74) is 5.61. The molecule has 0 saturated carbocycles. The molecule has 28 heavy (non-hydrogen) atoms. The molecule has 2 aromatic heterocycles. The molecule has 7 heteroatoms. The average Bonchev–Trinajstić information content (AvgIpc) is 3.32. The zero-order chi connectivity index (χ0) is 19.7. The van der Waals surface area contributed by atoms with Crippen molar-refractivity contribution in [2.24, 2.45) is 0 Å². The van der Waals surface area contributed by atoms with Gasteiger partial charge in [0, 0.05) is 11.3 Å². The number of thiophene rings is 1. The highest BCUT2D eigenvalue weighted by molar-refractivity contribution is 7.80. The zero-order valence-electron chi connectivity index (χ0n) is 15.3. The lowest BCUT2D eigenvalue weighted by molar-refractivity contribution is 0.0981. The monoisotopic (exact) mass is 407 g/mol. The molecule has 2 aromatic carbocycles. The molecule has 0 aliphatic carbocycles. The fourth-order valence-electron chi connectivity index (χ4n) is 2.73. The quantitative estimate of drug-likeness (QED) is 0.451. The second-order valence-electron chi connectivity index (χ2n) is 6.39. The van der Waals surface area contributed by atoms with E-state index >= 15 is 0 Å². The number of hydrogen-bond acceptors (Lipinski definition) is 5. The van der Waals surface area contributed by atoms with E-state index in [0.717, 1.165) is 22.4 Å². The van der Waals surface area contributed by atoms with Gasteiger partial charge in [-0.3, -0.25) is 10.1 Å². The molecule has 5 nitrogen and oxygen atoms in total. The molecule has 0 unspecified atom stereocenters. The molecule has 0 saturated heterocycles. The number of hydrogen-bond donors (Lipinski definition) is 2. The van der Waals surface area contributed by atoms with Crippen molar-refractivity contribution < 1.29 is 9.21 Å². The fraction of sp³-hybridized carbons (Fsp3) is 0.0952. The number of anilines is 1. The highest BCUT2D eigenvalue weighted by Gasteiger charge is 2.11. The van der Waals surface area contributed by atoms with Gasteiger partial charge in [0.05, 0.1) is 4.88 Å². The first kappa shape index (κ1) is 18.3. The summed E-state index contributed by atoms with van der Waals surface area (Å²) in [6, 6.07) is 15.1. The number of benzene rings is 2. The molecule has 0 radical (unpaired) electrons. The lowest BCUT2D eigenvalue weighted by Gasteiger charge is -2.09. The molecule has 140 valence electrons. The van der Waals surface area contributed by atoms with Gasteiger partial charge >= 0.3 is 0 Å². The van der Waals surface area contributed by atoms with Gasteiger partial charge < -0.3 is 9.73 Å². The molecule has 0 aliphatic heterocycles. The molecular formula is C21H17N3O2S2. The predicted octanol–water partition coefficient (Wildman–Crippen LogP) is 5.30. The number of aromatic nitrogens is 1. The van der Waals surface area contributed by atoms with Crippen molar-refractivity contribution in [1.29, 1.82) is 0 Å². The number of oxazole rings is 1. The van der Waals surface area contributed by atoms with Crippen LogP contribution in [0.1, 0.15) is 20.8 Å². The summed E-state index contributed by atoms with van der Waals surface area (Å²) in [7, 11) is 0. The normalized spacial score (nSPS) is 10.8. The summed E-state index contributed by atoms with van der Waals surface area (Å²) in [5, 5.41) is 7.77. The van der Waals surface area contributed by atoms with Crippen molar-refractivity contribution >= 4 is 51.4 Å². The van der Waals surface area contributed by atoms with Gasteiger partial charge in [-0.05, 0) is 85.0 Å². The third kappa shape index (κ3) is 3.81. The topological polar surface area (TPSA) is 67.2 Å². The molecule has 0 aliphatic rings. The second-order valence-corrected chi connectivity index (χ2v) is 7.74. The Labute approximate surface area is 171 Å². The molecule has 4 rings (SSSR count). The first-order chi connectivity index (χ1) is 13.5. The largest absolute Gasteiger partial charge is 0.436 e. The smallest absolute Gasteiger partial charge is 0.267 e. The number of nitrogens with zero attached hydrogens (tertiary/aromatic N) is 1. The van der Waals surface area contributed by atoms with Gasteiger partial charge in [-0.15, -0.1) is 11.3 Å². The lowest BCUT2D eigenvalue weighted by atomic mass is 10.1. The van der Waals surface area contributed by atoms with Crippen LogP contribution in [0.25, 0.3) is 22.6 Å². The van der Waals surface area contributed by atoms with Gasteiger partial charge in [0.2, 0.25) is 5.89 Å². The Bertz CT molecular complexity index is 1120. The van der Waals surface area contributed by atoms with E-state index in [4.69, 9.17) is 16.6 Å². The highest BCUT2D eigenvalue weighted by atomic mass is 32.1. The molecule has 0 spiro atoms. The van der Waals surface area contributed by atoms with E-state index < -0.39 is 0 Å². The Hall–Kier alpha value is -3.03. The third-order valence-corrected chi connectivity index (χ3v) is 5.44. The van der Waals surface area contributed by atoms with Crippen molar-refractivity contribution in [2.45, 2.75) is 13.8 Å². The summed E-state index contributed by atoms with van der Waals surface area (Å²) in [5.74, 6) is 0.348. The number of amides is 1. The van der Waals surface area contributed by atoms with Crippen molar-refractivity contribution in [3.63, 3.8) is 0 Å². The van der Waals surface area contributed by atoms with Crippen LogP contribution in [0.4, 0.5) is 5.69 Å². The van der Waals surface area contributed by atoms with Crippen molar-refractivity contribution in [3.8, 4) is 11.5 Å². The Morgan fingerprint density at radius 3 is 2.57 bits per heavy atom. The van der Waals surface area contributed by atoms with Crippen LogP contribution in [0.2, 0.25) is 0 Å². The van der Waals surface area contributed by atoms with Crippen LogP contribution in [0.15, 0.2) is 58.3 Å². The lowest BCUT2D eigenvalue weighted by Crippen LogP contribution is -2.33. The maximum atomic E-state index is 12.0. The number of carbonyl (C=O) groups excluding carboxylic acids is 1. The van der Waals surface area contributed by atoms with Gasteiger partial charge in [-0.25, -0.2) is 4.98 Å². The van der Waals surface area contributed by atoms with Crippen LogP contribution < -0.4 is 10.6 Å². The number of aryl methyl sites for hydroxylation is 2. The number of rotatable bonds is 3. The fourth-order valence-corrected chi connectivity index (χ4v) is 3.56. The van der Waals surface area contributed by atoms with Gasteiger partial charge in [0.15, 0.2) is 10.7 Å². The Balaban J connectivity index is 1.46. The third-order valence-electron chi connectivity index (χ3n) is 4.37. The number of nitrogens with one attached hydrogen (secondary N) is 2. The van der Waals surface area contributed by atoms with Crippen LogP contribution in [0.3, 0.4) is 0 Å². The van der Waals surface area contributed by atoms with E-state index in [1.54, 1.807) is 6.07 Å². The van der Waals surface area contributed by atoms with Crippen LogP contribution in [-0.4, -0.2) is 16.0 Å². The predicted molar refractivity (Wildman–Crippen MR) is 117 cm³/mol. The Kier molecular flexibility index (Phi) is 4.93. The Morgan fingerprint density at radius 1 is 1.11 bits per heavy atom. The summed E-state index contributed by atoms with van der Waals surface area (Å²) in [6.45, 7) is 4.11. The summed E-state index contributed by atoms with van der Waals surface area (Å²) in [6.07, 6.45) is 0. The average molecular weight is 408 g/mol. The molecule has 0 fully saturated rings. The van der Waals surface area contributed by atoms with Crippen LogP contribution in [0.5, 0.6) is 0 Å². The number of thiocarbonyl (C=S) groups is 1. The number of carbonyl (C=O) groups is 1. The minimum absolute atomic E-state index is 0.221. The van der Waals surface area contributed by atoms with Crippen molar-refractivity contribution in [1.82, 2.24) is 10.3 Å². The maximum absolute atomic E-state index is 12.0. The van der Waals surface area contributed by atoms with Crippen molar-refractivity contribution in [2.75, 3.05) is 5.32 Å². The van der Waals surface area contributed by atoms with Crippen LogP contribution in [-0.2, 0) is 0 Å².